The molecule has 0 radical (unpaired) electrons. The summed E-state index contributed by atoms with van der Waals surface area (Å²) in [6.07, 6.45) is 0.668. The van der Waals surface area contributed by atoms with Crippen molar-refractivity contribution in [3.8, 4) is 0 Å². The zero-order valence-electron chi connectivity index (χ0n) is 14.2. The highest BCUT2D eigenvalue weighted by Crippen LogP contribution is 2.57. The number of Topliss-reactive ketones (excluding diaryl/α,β-unsaturated/α-hetero) is 1. The Bertz CT molecular complexity index is 611. The van der Waals surface area contributed by atoms with Crippen LogP contribution in [-0.4, -0.2) is 40.6 Å². The first kappa shape index (κ1) is 17.1. The number of hydrogen-bond acceptors (Lipinski definition) is 6. The smallest absolute Gasteiger partial charge is 0.334 e. The van der Waals surface area contributed by atoms with Gasteiger partial charge in [-0.05, 0) is 32.6 Å². The first-order chi connectivity index (χ1) is 11.3. The summed E-state index contributed by atoms with van der Waals surface area (Å²) in [4.78, 5) is 36.6. The summed E-state index contributed by atoms with van der Waals surface area (Å²) < 4.78 is 11.0. The molecule has 0 spiro atoms. The highest BCUT2D eigenvalue weighted by Gasteiger charge is 2.70. The number of hydrogen-bond donors (Lipinski definition) is 1. The second-order valence-electron chi connectivity index (χ2n) is 7.31. The van der Waals surface area contributed by atoms with Crippen molar-refractivity contribution in [2.24, 2.45) is 11.3 Å². The van der Waals surface area contributed by atoms with E-state index in [2.05, 4.69) is 6.58 Å². The number of ketones is 1. The van der Waals surface area contributed by atoms with E-state index in [1.165, 1.54) is 0 Å². The van der Waals surface area contributed by atoms with Crippen molar-refractivity contribution in [1.29, 1.82) is 0 Å². The van der Waals surface area contributed by atoms with Crippen LogP contribution in [0.1, 0.15) is 52.4 Å². The zero-order valence-corrected chi connectivity index (χ0v) is 14.2. The molecule has 0 bridgehead atoms. The standard InChI is InChI=1S/C18H24O6/c1-4-5-14(20)23-13-7-6-11-10(2)16(21)24-15(11)17(3)12(19)8-9-18(13,17)22/h11,13,15,22H,2,4-9H2,1,3H3/t11-,13-,15+,17-,18+/m0/s1. The Hall–Kier alpha value is -1.69. The molecule has 6 heteroatoms. The molecule has 0 aromatic carbocycles. The van der Waals surface area contributed by atoms with Crippen LogP contribution in [-0.2, 0) is 23.9 Å². The monoisotopic (exact) mass is 336 g/mol. The Morgan fingerprint density at radius 1 is 1.42 bits per heavy atom. The molecule has 0 unspecified atom stereocenters. The lowest BCUT2D eigenvalue weighted by Gasteiger charge is -2.43. The predicted octanol–water partition coefficient (Wildman–Crippen LogP) is 1.69. The van der Waals surface area contributed by atoms with E-state index in [-0.39, 0.29) is 36.9 Å². The maximum atomic E-state index is 12.7. The Kier molecular flexibility index (Phi) is 4.06. The van der Waals surface area contributed by atoms with Gasteiger partial charge in [-0.2, -0.15) is 0 Å². The SMILES string of the molecule is C=C1C(=O)O[C@@H]2[C@H]1CC[C@H](OC(=O)CCC)[C@]1(O)CCC(=O)[C@@]21C. The Balaban J connectivity index is 2.00. The molecule has 3 fully saturated rings. The van der Waals surface area contributed by atoms with E-state index in [1.54, 1.807) is 6.92 Å². The molecule has 6 nitrogen and oxygen atoms in total. The lowest BCUT2D eigenvalue weighted by Crippen LogP contribution is -2.59. The molecule has 1 saturated heterocycles. The highest BCUT2D eigenvalue weighted by atomic mass is 16.6. The van der Waals surface area contributed by atoms with Gasteiger partial charge in [0.2, 0.25) is 0 Å². The summed E-state index contributed by atoms with van der Waals surface area (Å²) in [7, 11) is 0. The number of rotatable bonds is 3. The molecule has 5 atom stereocenters. The van der Waals surface area contributed by atoms with Crippen LogP contribution in [0.5, 0.6) is 0 Å². The van der Waals surface area contributed by atoms with Gasteiger partial charge in [-0.25, -0.2) is 4.79 Å². The van der Waals surface area contributed by atoms with Crippen LogP contribution in [0.15, 0.2) is 12.2 Å². The fourth-order valence-electron chi connectivity index (χ4n) is 4.57. The van der Waals surface area contributed by atoms with Crippen LogP contribution >= 0.6 is 0 Å². The molecule has 2 saturated carbocycles. The van der Waals surface area contributed by atoms with Crippen molar-refractivity contribution >= 4 is 17.7 Å². The Morgan fingerprint density at radius 3 is 2.79 bits per heavy atom. The molecule has 0 aromatic heterocycles. The molecule has 1 N–H and O–H groups in total. The summed E-state index contributed by atoms with van der Waals surface area (Å²) in [6, 6.07) is 0. The second-order valence-corrected chi connectivity index (χ2v) is 7.31. The third-order valence-corrected chi connectivity index (χ3v) is 6.09. The van der Waals surface area contributed by atoms with Crippen molar-refractivity contribution in [3.05, 3.63) is 12.2 Å². The van der Waals surface area contributed by atoms with Crippen LogP contribution in [0.25, 0.3) is 0 Å². The summed E-state index contributed by atoms with van der Waals surface area (Å²) in [5, 5.41) is 11.4. The van der Waals surface area contributed by atoms with E-state index < -0.39 is 29.2 Å². The second kappa shape index (κ2) is 5.69. The average molecular weight is 336 g/mol. The van der Waals surface area contributed by atoms with Gasteiger partial charge < -0.3 is 14.6 Å². The maximum absolute atomic E-state index is 12.7. The van der Waals surface area contributed by atoms with E-state index in [0.29, 0.717) is 24.8 Å². The molecular weight excluding hydrogens is 312 g/mol. The number of carbonyl (C=O) groups excluding carboxylic acids is 3. The van der Waals surface area contributed by atoms with Gasteiger partial charge in [-0.3, -0.25) is 9.59 Å². The third kappa shape index (κ3) is 2.15. The lowest BCUT2D eigenvalue weighted by atomic mass is 9.67. The topological polar surface area (TPSA) is 89.9 Å². The molecular formula is C18H24O6. The van der Waals surface area contributed by atoms with E-state index >= 15 is 0 Å². The van der Waals surface area contributed by atoms with Gasteiger partial charge >= 0.3 is 11.9 Å². The fraction of sp³-hybridized carbons (Fsp3) is 0.722. The van der Waals surface area contributed by atoms with Gasteiger partial charge in [-0.15, -0.1) is 0 Å². The number of carbonyl (C=O) groups is 3. The van der Waals surface area contributed by atoms with E-state index in [1.807, 2.05) is 6.92 Å². The summed E-state index contributed by atoms with van der Waals surface area (Å²) >= 11 is 0. The van der Waals surface area contributed by atoms with Crippen molar-refractivity contribution in [3.63, 3.8) is 0 Å². The van der Waals surface area contributed by atoms with Gasteiger partial charge in [0.25, 0.3) is 0 Å². The predicted molar refractivity (Wildman–Crippen MR) is 83.8 cm³/mol. The van der Waals surface area contributed by atoms with E-state index in [0.717, 1.165) is 0 Å². The molecule has 24 heavy (non-hydrogen) atoms. The van der Waals surface area contributed by atoms with Gasteiger partial charge in [0.05, 0.1) is 5.41 Å². The molecule has 3 aliphatic rings. The molecule has 2 aliphatic carbocycles. The third-order valence-electron chi connectivity index (χ3n) is 6.09. The molecule has 1 heterocycles. The van der Waals surface area contributed by atoms with Crippen molar-refractivity contribution in [2.45, 2.75) is 70.2 Å². The zero-order chi connectivity index (χ0) is 17.7. The highest BCUT2D eigenvalue weighted by molar-refractivity contribution is 5.95. The number of esters is 2. The Labute approximate surface area is 141 Å². The van der Waals surface area contributed by atoms with E-state index in [9.17, 15) is 19.5 Å². The largest absolute Gasteiger partial charge is 0.459 e. The van der Waals surface area contributed by atoms with Crippen LogP contribution < -0.4 is 0 Å². The first-order valence-corrected chi connectivity index (χ1v) is 8.60. The van der Waals surface area contributed by atoms with Crippen LogP contribution in [0.2, 0.25) is 0 Å². The minimum atomic E-state index is -1.52. The maximum Gasteiger partial charge on any atom is 0.334 e. The average Bonchev–Trinajstić information content (AvgIpc) is 2.92. The number of aliphatic hydroxyl groups is 1. The quantitative estimate of drug-likeness (QED) is 0.623. The van der Waals surface area contributed by atoms with Crippen molar-refractivity contribution in [1.82, 2.24) is 0 Å². The molecule has 132 valence electrons. The van der Waals surface area contributed by atoms with Gasteiger partial charge in [0.1, 0.15) is 23.6 Å². The van der Waals surface area contributed by atoms with Gasteiger partial charge in [0, 0.05) is 24.3 Å². The van der Waals surface area contributed by atoms with Gasteiger partial charge in [-0.1, -0.05) is 13.5 Å². The minimum absolute atomic E-state index is 0.152. The molecule has 0 aromatic rings. The van der Waals surface area contributed by atoms with E-state index in [4.69, 9.17) is 9.47 Å². The normalized spacial score (nSPS) is 41.5. The first-order valence-electron chi connectivity index (χ1n) is 8.60. The van der Waals surface area contributed by atoms with Crippen molar-refractivity contribution in [2.75, 3.05) is 0 Å². The molecule has 1 aliphatic heterocycles. The minimum Gasteiger partial charge on any atom is -0.459 e. The molecule has 0 amide bonds. The molecule has 3 rings (SSSR count). The summed E-state index contributed by atoms with van der Waals surface area (Å²) in [5.41, 5.74) is -2.46. The Morgan fingerprint density at radius 2 is 2.12 bits per heavy atom. The van der Waals surface area contributed by atoms with Crippen LogP contribution in [0, 0.1) is 11.3 Å². The van der Waals surface area contributed by atoms with Crippen molar-refractivity contribution < 1.29 is 29.0 Å². The summed E-state index contributed by atoms with van der Waals surface area (Å²) in [6.45, 7) is 7.31. The number of ether oxygens (including phenoxy) is 2. The fourth-order valence-corrected chi connectivity index (χ4v) is 4.57. The summed E-state index contributed by atoms with van der Waals surface area (Å²) in [5.74, 6) is -1.36. The van der Waals surface area contributed by atoms with Gasteiger partial charge in [0.15, 0.2) is 0 Å². The number of fused-ring (bicyclic) bond motifs is 3. The lowest BCUT2D eigenvalue weighted by molar-refractivity contribution is -0.197. The van der Waals surface area contributed by atoms with Crippen LogP contribution in [0.4, 0.5) is 0 Å². The van der Waals surface area contributed by atoms with Crippen LogP contribution in [0.3, 0.4) is 0 Å².